The van der Waals surface area contributed by atoms with Crippen molar-refractivity contribution in [3.63, 3.8) is 0 Å². The van der Waals surface area contributed by atoms with Crippen LogP contribution in [0.25, 0.3) is 0 Å². The molecule has 3 N–H and O–H groups in total. The van der Waals surface area contributed by atoms with Crippen molar-refractivity contribution in [3.8, 4) is 0 Å². The summed E-state index contributed by atoms with van der Waals surface area (Å²) < 4.78 is 38.1. The molecule has 0 aliphatic rings. The summed E-state index contributed by atoms with van der Waals surface area (Å²) in [5, 5.41) is -0.171. The molecule has 0 heterocycles. The highest BCUT2D eigenvalue weighted by atomic mass is 35.5. The zero-order valence-electron chi connectivity index (χ0n) is 7.91. The summed E-state index contributed by atoms with van der Waals surface area (Å²) in [7, 11) is -3.79. The average Bonchev–Trinajstić information content (AvgIpc) is 2.10. The Labute approximate surface area is 103 Å². The summed E-state index contributed by atoms with van der Waals surface area (Å²) >= 11 is 9.95. The minimum atomic E-state index is -3.79. The Morgan fingerprint density at radius 3 is 2.75 bits per heavy atom. The molecule has 0 saturated carbocycles. The van der Waals surface area contributed by atoms with Gasteiger partial charge in [0, 0.05) is 0 Å². The van der Waals surface area contributed by atoms with Crippen molar-refractivity contribution < 1.29 is 12.8 Å². The number of hydrogen-bond donors (Lipinski definition) is 2. The minimum Gasteiger partial charge on any atom is -0.392 e. The van der Waals surface area contributed by atoms with E-state index in [9.17, 15) is 12.8 Å². The molecular formula is C8H8ClFN2O2S2. The summed E-state index contributed by atoms with van der Waals surface area (Å²) in [6.45, 7) is 0. The molecule has 0 saturated heterocycles. The van der Waals surface area contributed by atoms with Gasteiger partial charge in [-0.25, -0.2) is 12.8 Å². The Bertz CT molecular complexity index is 519. The van der Waals surface area contributed by atoms with Gasteiger partial charge in [0.15, 0.2) is 5.82 Å². The van der Waals surface area contributed by atoms with E-state index in [-0.39, 0.29) is 15.7 Å². The van der Waals surface area contributed by atoms with Crippen LogP contribution in [0.15, 0.2) is 18.2 Å². The highest BCUT2D eigenvalue weighted by Crippen LogP contribution is 2.22. The van der Waals surface area contributed by atoms with Gasteiger partial charge >= 0.3 is 0 Å². The Morgan fingerprint density at radius 1 is 1.56 bits per heavy atom. The molecule has 0 aliphatic carbocycles. The first-order valence-electron chi connectivity index (χ1n) is 4.04. The molecular weight excluding hydrogens is 275 g/mol. The van der Waals surface area contributed by atoms with Gasteiger partial charge in [0.2, 0.25) is 10.0 Å². The van der Waals surface area contributed by atoms with Crippen LogP contribution in [0, 0.1) is 5.82 Å². The molecule has 4 nitrogen and oxygen atoms in total. The molecule has 0 radical (unpaired) electrons. The van der Waals surface area contributed by atoms with E-state index in [1.165, 1.54) is 18.2 Å². The third kappa shape index (κ3) is 3.58. The van der Waals surface area contributed by atoms with E-state index in [1.807, 2.05) is 4.72 Å². The standard InChI is InChI=1S/C8H8ClFN2O2S2/c9-5-2-1-3-6(8(5)10)12-16(13,14)4-7(11)15/h1-3,12H,4H2,(H2,11,15). The normalized spacial score (nSPS) is 11.1. The maximum atomic E-state index is 13.3. The topological polar surface area (TPSA) is 72.2 Å². The van der Waals surface area contributed by atoms with Gasteiger partial charge in [-0.1, -0.05) is 29.9 Å². The van der Waals surface area contributed by atoms with E-state index in [1.54, 1.807) is 0 Å². The fraction of sp³-hybridized carbons (Fsp3) is 0.125. The molecule has 16 heavy (non-hydrogen) atoms. The highest BCUT2D eigenvalue weighted by molar-refractivity contribution is 7.95. The second-order valence-electron chi connectivity index (χ2n) is 2.93. The largest absolute Gasteiger partial charge is 0.392 e. The minimum absolute atomic E-state index is 0.171. The first-order valence-corrected chi connectivity index (χ1v) is 6.48. The van der Waals surface area contributed by atoms with Crippen LogP contribution in [0.4, 0.5) is 10.1 Å². The fourth-order valence-corrected chi connectivity index (χ4v) is 2.55. The Hall–Kier alpha value is -0.920. The molecule has 8 heteroatoms. The summed E-state index contributed by atoms with van der Waals surface area (Å²) in [5.41, 5.74) is 4.86. The number of sulfonamides is 1. The van der Waals surface area contributed by atoms with Crippen LogP contribution in [0.5, 0.6) is 0 Å². The summed E-state index contributed by atoms with van der Waals surface area (Å²) in [6, 6.07) is 3.98. The SMILES string of the molecule is NC(=S)CS(=O)(=O)Nc1cccc(Cl)c1F. The second-order valence-corrected chi connectivity index (χ2v) is 5.58. The lowest BCUT2D eigenvalue weighted by Crippen LogP contribution is -2.26. The van der Waals surface area contributed by atoms with Crippen LogP contribution < -0.4 is 10.5 Å². The molecule has 0 atom stereocenters. The van der Waals surface area contributed by atoms with E-state index >= 15 is 0 Å². The first kappa shape index (κ1) is 13.1. The van der Waals surface area contributed by atoms with E-state index in [0.29, 0.717) is 0 Å². The number of anilines is 1. The molecule has 1 aromatic rings. The van der Waals surface area contributed by atoms with E-state index in [4.69, 9.17) is 17.3 Å². The average molecular weight is 283 g/mol. The predicted molar refractivity (Wildman–Crippen MR) is 65.6 cm³/mol. The van der Waals surface area contributed by atoms with Crippen molar-refractivity contribution in [2.75, 3.05) is 10.5 Å². The number of rotatable bonds is 4. The number of benzene rings is 1. The van der Waals surface area contributed by atoms with Crippen LogP contribution >= 0.6 is 23.8 Å². The third-order valence-corrected chi connectivity index (χ3v) is 3.39. The lowest BCUT2D eigenvalue weighted by Gasteiger charge is -2.08. The Kier molecular flexibility index (Phi) is 4.06. The highest BCUT2D eigenvalue weighted by Gasteiger charge is 2.15. The molecule has 0 aliphatic heterocycles. The molecule has 0 aromatic heterocycles. The molecule has 0 bridgehead atoms. The van der Waals surface area contributed by atoms with Crippen molar-refractivity contribution in [2.24, 2.45) is 5.73 Å². The molecule has 1 aromatic carbocycles. The Morgan fingerprint density at radius 2 is 2.19 bits per heavy atom. The smallest absolute Gasteiger partial charge is 0.239 e. The quantitative estimate of drug-likeness (QED) is 0.821. The van der Waals surface area contributed by atoms with Crippen LogP contribution in [-0.4, -0.2) is 19.2 Å². The van der Waals surface area contributed by atoms with Crippen LogP contribution in [0.3, 0.4) is 0 Å². The van der Waals surface area contributed by atoms with Gasteiger partial charge in [-0.05, 0) is 12.1 Å². The summed E-state index contributed by atoms with van der Waals surface area (Å²) in [4.78, 5) is -0.199. The lowest BCUT2D eigenvalue weighted by molar-refractivity contribution is 0.602. The molecule has 88 valence electrons. The molecule has 1 rings (SSSR count). The van der Waals surface area contributed by atoms with Crippen molar-refractivity contribution >= 4 is 44.5 Å². The zero-order chi connectivity index (χ0) is 12.3. The van der Waals surface area contributed by atoms with Crippen molar-refractivity contribution in [1.29, 1.82) is 0 Å². The molecule has 0 unspecified atom stereocenters. The molecule has 0 fully saturated rings. The Balaban J connectivity index is 2.97. The van der Waals surface area contributed by atoms with Gasteiger partial charge in [-0.15, -0.1) is 0 Å². The van der Waals surface area contributed by atoms with E-state index in [0.717, 1.165) is 0 Å². The fourth-order valence-electron chi connectivity index (χ4n) is 0.974. The number of thiocarbonyl (C=S) groups is 1. The molecule has 0 spiro atoms. The second kappa shape index (κ2) is 4.94. The van der Waals surface area contributed by atoms with Crippen molar-refractivity contribution in [1.82, 2.24) is 0 Å². The number of nitrogens with two attached hydrogens (primary N) is 1. The lowest BCUT2D eigenvalue weighted by atomic mass is 10.3. The number of halogens is 2. The van der Waals surface area contributed by atoms with Gasteiger partial charge in [-0.3, -0.25) is 4.72 Å². The summed E-state index contributed by atoms with van der Waals surface area (Å²) in [5.74, 6) is -1.38. The van der Waals surface area contributed by atoms with Crippen molar-refractivity contribution in [2.45, 2.75) is 0 Å². The van der Waals surface area contributed by atoms with Crippen LogP contribution in [0.1, 0.15) is 0 Å². The third-order valence-electron chi connectivity index (χ3n) is 1.55. The van der Waals surface area contributed by atoms with E-state index in [2.05, 4.69) is 12.2 Å². The van der Waals surface area contributed by atoms with Gasteiger partial charge in [0.05, 0.1) is 15.7 Å². The maximum absolute atomic E-state index is 13.3. The molecule has 0 amide bonds. The van der Waals surface area contributed by atoms with Gasteiger partial charge in [0.1, 0.15) is 5.75 Å². The van der Waals surface area contributed by atoms with Crippen LogP contribution in [-0.2, 0) is 10.0 Å². The monoisotopic (exact) mass is 282 g/mol. The van der Waals surface area contributed by atoms with E-state index < -0.39 is 21.6 Å². The van der Waals surface area contributed by atoms with Crippen LogP contribution in [0.2, 0.25) is 5.02 Å². The van der Waals surface area contributed by atoms with Gasteiger partial charge < -0.3 is 5.73 Å². The zero-order valence-corrected chi connectivity index (χ0v) is 10.3. The van der Waals surface area contributed by atoms with Gasteiger partial charge in [0.25, 0.3) is 0 Å². The van der Waals surface area contributed by atoms with Crippen molar-refractivity contribution in [3.05, 3.63) is 29.0 Å². The first-order chi connectivity index (χ1) is 7.32. The summed E-state index contributed by atoms with van der Waals surface area (Å²) in [6.07, 6.45) is 0. The van der Waals surface area contributed by atoms with Gasteiger partial charge in [-0.2, -0.15) is 0 Å². The number of nitrogens with one attached hydrogen (secondary N) is 1. The maximum Gasteiger partial charge on any atom is 0.239 e. The predicted octanol–water partition coefficient (Wildman–Crippen LogP) is 1.51. The number of hydrogen-bond acceptors (Lipinski definition) is 3.